The van der Waals surface area contributed by atoms with E-state index in [-0.39, 0.29) is 0 Å². The van der Waals surface area contributed by atoms with Crippen LogP contribution in [0.25, 0.3) is 0 Å². The number of H-pyrrole nitrogens is 1. The Hall–Kier alpha value is -1.25. The zero-order valence-corrected chi connectivity index (χ0v) is 5.62. The molecule has 1 N–H and O–H groups in total. The summed E-state index contributed by atoms with van der Waals surface area (Å²) in [4.78, 5) is 2.17. The highest BCUT2D eigenvalue weighted by molar-refractivity contribution is 5.46. The SMILES string of the molecule is C1=CN(c2cn[nH]c2)CC1. The number of anilines is 1. The highest BCUT2D eigenvalue weighted by Crippen LogP contribution is 2.15. The number of hydrogen-bond acceptors (Lipinski definition) is 2. The van der Waals surface area contributed by atoms with Crippen molar-refractivity contribution in [3.05, 3.63) is 24.7 Å². The molecule has 10 heavy (non-hydrogen) atoms. The van der Waals surface area contributed by atoms with Crippen molar-refractivity contribution in [2.24, 2.45) is 0 Å². The Kier molecular flexibility index (Phi) is 1.20. The molecule has 1 aromatic rings. The quantitative estimate of drug-likeness (QED) is 0.626. The van der Waals surface area contributed by atoms with Crippen LogP contribution in [0, 0.1) is 0 Å². The Bertz CT molecular complexity index is 225. The molecule has 3 heteroatoms. The number of rotatable bonds is 1. The third kappa shape index (κ3) is 0.795. The Morgan fingerprint density at radius 2 is 2.60 bits per heavy atom. The topological polar surface area (TPSA) is 31.9 Å². The fourth-order valence-corrected chi connectivity index (χ4v) is 1.11. The Labute approximate surface area is 59.4 Å². The molecular formula is C7H9N3. The smallest absolute Gasteiger partial charge is 0.0789 e. The minimum absolute atomic E-state index is 1.08. The van der Waals surface area contributed by atoms with E-state index in [1.54, 1.807) is 0 Å². The summed E-state index contributed by atoms with van der Waals surface area (Å²) in [5, 5.41) is 6.65. The van der Waals surface area contributed by atoms with E-state index in [0.29, 0.717) is 0 Å². The van der Waals surface area contributed by atoms with Gasteiger partial charge in [0.1, 0.15) is 0 Å². The van der Waals surface area contributed by atoms with Crippen molar-refractivity contribution in [3.63, 3.8) is 0 Å². The number of nitrogens with one attached hydrogen (secondary N) is 1. The molecule has 3 nitrogen and oxygen atoms in total. The Morgan fingerprint density at radius 1 is 1.60 bits per heavy atom. The van der Waals surface area contributed by atoms with E-state index in [1.807, 2.05) is 12.4 Å². The van der Waals surface area contributed by atoms with Gasteiger partial charge >= 0.3 is 0 Å². The van der Waals surface area contributed by atoms with Crippen LogP contribution in [0.5, 0.6) is 0 Å². The van der Waals surface area contributed by atoms with Crippen LogP contribution in [0.1, 0.15) is 6.42 Å². The maximum Gasteiger partial charge on any atom is 0.0789 e. The van der Waals surface area contributed by atoms with Crippen molar-refractivity contribution in [2.45, 2.75) is 6.42 Å². The molecule has 0 aliphatic carbocycles. The highest BCUT2D eigenvalue weighted by atomic mass is 15.2. The molecule has 0 aromatic carbocycles. The third-order valence-electron chi connectivity index (χ3n) is 1.64. The lowest BCUT2D eigenvalue weighted by Gasteiger charge is -2.10. The minimum atomic E-state index is 1.08. The predicted molar refractivity (Wildman–Crippen MR) is 39.7 cm³/mol. The summed E-state index contributed by atoms with van der Waals surface area (Å²) in [5.74, 6) is 0. The fraction of sp³-hybridized carbons (Fsp3) is 0.286. The molecule has 1 aliphatic heterocycles. The normalized spacial score (nSPS) is 16.6. The average Bonchev–Trinajstić information content (AvgIpc) is 2.59. The van der Waals surface area contributed by atoms with E-state index in [9.17, 15) is 0 Å². The largest absolute Gasteiger partial charge is 0.345 e. The van der Waals surface area contributed by atoms with E-state index in [1.165, 1.54) is 0 Å². The van der Waals surface area contributed by atoms with E-state index in [4.69, 9.17) is 0 Å². The number of aromatic nitrogens is 2. The van der Waals surface area contributed by atoms with Gasteiger partial charge in [0.15, 0.2) is 0 Å². The molecule has 0 bridgehead atoms. The van der Waals surface area contributed by atoms with Crippen LogP contribution in [-0.4, -0.2) is 16.7 Å². The first kappa shape index (κ1) is 5.53. The summed E-state index contributed by atoms with van der Waals surface area (Å²) < 4.78 is 0. The number of nitrogens with zero attached hydrogens (tertiary/aromatic N) is 2. The summed E-state index contributed by atoms with van der Waals surface area (Å²) in [6.45, 7) is 1.08. The first-order valence-corrected chi connectivity index (χ1v) is 3.39. The maximum atomic E-state index is 3.87. The lowest BCUT2D eigenvalue weighted by Crippen LogP contribution is -2.10. The van der Waals surface area contributed by atoms with E-state index in [0.717, 1.165) is 18.7 Å². The molecule has 0 fully saturated rings. The van der Waals surface area contributed by atoms with Gasteiger partial charge < -0.3 is 4.90 Å². The van der Waals surface area contributed by atoms with Gasteiger partial charge in [-0.1, -0.05) is 6.08 Å². The average molecular weight is 135 g/mol. The van der Waals surface area contributed by atoms with E-state index >= 15 is 0 Å². The lowest BCUT2D eigenvalue weighted by molar-refractivity contribution is 1.00. The first-order chi connectivity index (χ1) is 4.97. The third-order valence-corrected chi connectivity index (χ3v) is 1.64. The monoisotopic (exact) mass is 135 g/mol. The fourth-order valence-electron chi connectivity index (χ4n) is 1.11. The van der Waals surface area contributed by atoms with Crippen LogP contribution in [0.4, 0.5) is 5.69 Å². The van der Waals surface area contributed by atoms with Crippen LogP contribution in [0.3, 0.4) is 0 Å². The van der Waals surface area contributed by atoms with Crippen molar-refractivity contribution < 1.29 is 0 Å². The van der Waals surface area contributed by atoms with Crippen LogP contribution in [0.15, 0.2) is 24.7 Å². The molecule has 0 spiro atoms. The molecule has 1 aromatic heterocycles. The molecule has 0 radical (unpaired) electrons. The molecule has 2 heterocycles. The second-order valence-electron chi connectivity index (χ2n) is 2.32. The van der Waals surface area contributed by atoms with Crippen molar-refractivity contribution >= 4 is 5.69 Å². The first-order valence-electron chi connectivity index (χ1n) is 3.39. The van der Waals surface area contributed by atoms with Gasteiger partial charge in [-0.15, -0.1) is 0 Å². The van der Waals surface area contributed by atoms with E-state index in [2.05, 4.69) is 27.4 Å². The molecular weight excluding hydrogens is 126 g/mol. The van der Waals surface area contributed by atoms with Gasteiger partial charge in [0, 0.05) is 18.9 Å². The zero-order chi connectivity index (χ0) is 6.81. The van der Waals surface area contributed by atoms with Crippen LogP contribution < -0.4 is 4.90 Å². The number of hydrogen-bond donors (Lipinski definition) is 1. The van der Waals surface area contributed by atoms with Crippen molar-refractivity contribution in [1.29, 1.82) is 0 Å². The summed E-state index contributed by atoms with van der Waals surface area (Å²) >= 11 is 0. The summed E-state index contributed by atoms with van der Waals surface area (Å²) in [7, 11) is 0. The molecule has 52 valence electrons. The summed E-state index contributed by atoms with van der Waals surface area (Å²) in [6, 6.07) is 0. The molecule has 1 aliphatic rings. The predicted octanol–water partition coefficient (Wildman–Crippen LogP) is 1.13. The Balaban J connectivity index is 2.20. The standard InChI is InChI=1S/C7H9N3/c1-2-4-10(3-1)7-5-8-9-6-7/h1,3,5-6H,2,4H2,(H,8,9). The Morgan fingerprint density at radius 3 is 3.20 bits per heavy atom. The van der Waals surface area contributed by atoms with Gasteiger partial charge in [-0.3, -0.25) is 5.10 Å². The van der Waals surface area contributed by atoms with E-state index < -0.39 is 0 Å². The van der Waals surface area contributed by atoms with Gasteiger partial charge in [-0.25, -0.2) is 0 Å². The molecule has 0 amide bonds. The van der Waals surface area contributed by atoms with Gasteiger partial charge in [0.2, 0.25) is 0 Å². The molecule has 0 saturated heterocycles. The van der Waals surface area contributed by atoms with Crippen molar-refractivity contribution in [3.8, 4) is 0 Å². The molecule has 0 saturated carbocycles. The van der Waals surface area contributed by atoms with Gasteiger partial charge in [-0.2, -0.15) is 5.10 Å². The molecule has 2 rings (SSSR count). The van der Waals surface area contributed by atoms with Gasteiger partial charge in [-0.05, 0) is 6.42 Å². The van der Waals surface area contributed by atoms with Crippen LogP contribution in [-0.2, 0) is 0 Å². The van der Waals surface area contributed by atoms with Gasteiger partial charge in [0.25, 0.3) is 0 Å². The molecule has 0 atom stereocenters. The second-order valence-corrected chi connectivity index (χ2v) is 2.32. The van der Waals surface area contributed by atoms with Crippen molar-refractivity contribution in [2.75, 3.05) is 11.4 Å². The molecule has 0 unspecified atom stereocenters. The van der Waals surface area contributed by atoms with Gasteiger partial charge in [0.05, 0.1) is 11.9 Å². The highest BCUT2D eigenvalue weighted by Gasteiger charge is 2.06. The van der Waals surface area contributed by atoms with Crippen LogP contribution in [0.2, 0.25) is 0 Å². The minimum Gasteiger partial charge on any atom is -0.345 e. The summed E-state index contributed by atoms with van der Waals surface area (Å²) in [6.07, 6.45) is 9.12. The van der Waals surface area contributed by atoms with Crippen molar-refractivity contribution in [1.82, 2.24) is 10.2 Å². The second kappa shape index (κ2) is 2.17. The zero-order valence-electron chi connectivity index (χ0n) is 5.62. The number of aromatic amines is 1. The summed E-state index contributed by atoms with van der Waals surface area (Å²) in [5.41, 5.74) is 1.15. The van der Waals surface area contributed by atoms with Crippen LogP contribution >= 0.6 is 0 Å². The lowest BCUT2D eigenvalue weighted by atomic mass is 10.4. The maximum absolute atomic E-state index is 3.87.